The second-order valence-electron chi connectivity index (χ2n) is 6.53. The van der Waals surface area contributed by atoms with Gasteiger partial charge in [0.15, 0.2) is 5.82 Å². The summed E-state index contributed by atoms with van der Waals surface area (Å²) in [5, 5.41) is 6.89. The Hall–Kier alpha value is -3.15. The number of aromatic nitrogens is 2. The van der Waals surface area contributed by atoms with E-state index in [1.54, 1.807) is 11.9 Å². The number of urea groups is 1. The Balaban J connectivity index is 1.53. The molecular weight excluding hydrogens is 340 g/mol. The van der Waals surface area contributed by atoms with Crippen molar-refractivity contribution < 1.29 is 9.32 Å². The monoisotopic (exact) mass is 364 g/mol. The maximum atomic E-state index is 12.3. The Labute approximate surface area is 159 Å². The molecule has 3 rings (SSSR count). The minimum absolute atomic E-state index is 0.165. The number of amides is 2. The fourth-order valence-corrected chi connectivity index (χ4v) is 2.58. The molecule has 0 unspecified atom stereocenters. The van der Waals surface area contributed by atoms with Crippen molar-refractivity contribution in [1.82, 2.24) is 15.0 Å². The Kier molecular flexibility index (Phi) is 5.86. The van der Waals surface area contributed by atoms with Gasteiger partial charge in [0, 0.05) is 31.3 Å². The van der Waals surface area contributed by atoms with E-state index in [4.69, 9.17) is 4.52 Å². The molecule has 0 radical (unpaired) electrons. The number of nitrogens with zero attached hydrogens (tertiary/aromatic N) is 3. The van der Waals surface area contributed by atoms with Gasteiger partial charge in [0.2, 0.25) is 0 Å². The van der Waals surface area contributed by atoms with E-state index in [0.29, 0.717) is 24.7 Å². The van der Waals surface area contributed by atoms with E-state index >= 15 is 0 Å². The van der Waals surface area contributed by atoms with Crippen molar-refractivity contribution in [1.29, 1.82) is 0 Å². The van der Waals surface area contributed by atoms with Crippen LogP contribution in [-0.2, 0) is 12.8 Å². The summed E-state index contributed by atoms with van der Waals surface area (Å²) in [6, 6.07) is 15.6. The standard InChI is InChI=1S/C21H24N4O2/c1-4-16-7-11-18(12-8-16)22-21(26)25(3)14-13-19-23-20(27-24-19)17-9-5-15(2)6-10-17/h5-12H,4,13-14H2,1-3H3,(H,22,26). The fraction of sp³-hybridized carbons (Fsp3) is 0.286. The minimum atomic E-state index is -0.165. The molecule has 6 nitrogen and oxygen atoms in total. The normalized spacial score (nSPS) is 10.6. The summed E-state index contributed by atoms with van der Waals surface area (Å²) in [5.41, 5.74) is 4.09. The molecule has 0 atom stereocenters. The highest BCUT2D eigenvalue weighted by Crippen LogP contribution is 2.17. The summed E-state index contributed by atoms with van der Waals surface area (Å²) in [6.07, 6.45) is 1.50. The van der Waals surface area contributed by atoms with Crippen molar-refractivity contribution in [3.63, 3.8) is 0 Å². The van der Waals surface area contributed by atoms with Crippen molar-refractivity contribution >= 4 is 11.7 Å². The maximum absolute atomic E-state index is 12.3. The summed E-state index contributed by atoms with van der Waals surface area (Å²) >= 11 is 0. The van der Waals surface area contributed by atoms with E-state index in [1.807, 2.05) is 55.5 Å². The third-order valence-electron chi connectivity index (χ3n) is 4.40. The highest BCUT2D eigenvalue weighted by atomic mass is 16.5. The molecule has 0 aliphatic heterocycles. The summed E-state index contributed by atoms with van der Waals surface area (Å²) in [5.74, 6) is 1.07. The average Bonchev–Trinajstić information content (AvgIpc) is 3.16. The number of rotatable bonds is 6. The SMILES string of the molecule is CCc1ccc(NC(=O)N(C)CCc2noc(-c3ccc(C)cc3)n2)cc1. The quantitative estimate of drug-likeness (QED) is 0.707. The Morgan fingerprint density at radius 2 is 1.81 bits per heavy atom. The first kappa shape index (κ1) is 18.6. The van der Waals surface area contributed by atoms with Gasteiger partial charge in [0.25, 0.3) is 5.89 Å². The number of aryl methyl sites for hydroxylation is 2. The molecule has 0 bridgehead atoms. The van der Waals surface area contributed by atoms with E-state index in [1.165, 1.54) is 11.1 Å². The number of anilines is 1. The Bertz CT molecular complexity index is 885. The molecule has 2 amide bonds. The summed E-state index contributed by atoms with van der Waals surface area (Å²) in [7, 11) is 1.75. The molecule has 0 aliphatic carbocycles. The number of hydrogen-bond donors (Lipinski definition) is 1. The van der Waals surface area contributed by atoms with Gasteiger partial charge >= 0.3 is 6.03 Å². The van der Waals surface area contributed by atoms with E-state index < -0.39 is 0 Å². The predicted octanol–water partition coefficient (Wildman–Crippen LogP) is 4.31. The summed E-state index contributed by atoms with van der Waals surface area (Å²) < 4.78 is 5.32. The van der Waals surface area contributed by atoms with Gasteiger partial charge in [-0.05, 0) is 43.2 Å². The van der Waals surface area contributed by atoms with Crippen LogP contribution in [0.25, 0.3) is 11.5 Å². The molecule has 0 fully saturated rings. The number of nitrogens with one attached hydrogen (secondary N) is 1. The van der Waals surface area contributed by atoms with Gasteiger partial charge in [-0.1, -0.05) is 41.9 Å². The molecule has 1 N–H and O–H groups in total. The van der Waals surface area contributed by atoms with Crippen LogP contribution in [0.4, 0.5) is 10.5 Å². The number of carbonyl (C=O) groups is 1. The number of hydrogen-bond acceptors (Lipinski definition) is 4. The third kappa shape index (κ3) is 4.94. The van der Waals surface area contributed by atoms with Crippen molar-refractivity contribution in [2.75, 3.05) is 18.9 Å². The van der Waals surface area contributed by atoms with E-state index in [9.17, 15) is 4.79 Å². The van der Waals surface area contributed by atoms with Crippen LogP contribution in [-0.4, -0.2) is 34.7 Å². The second-order valence-corrected chi connectivity index (χ2v) is 6.53. The van der Waals surface area contributed by atoms with E-state index in [-0.39, 0.29) is 6.03 Å². The topological polar surface area (TPSA) is 71.3 Å². The van der Waals surface area contributed by atoms with Gasteiger partial charge in [0.1, 0.15) is 0 Å². The first-order valence-corrected chi connectivity index (χ1v) is 9.06. The molecule has 3 aromatic rings. The largest absolute Gasteiger partial charge is 0.334 e. The molecule has 140 valence electrons. The van der Waals surface area contributed by atoms with Crippen molar-refractivity contribution in [2.45, 2.75) is 26.7 Å². The Morgan fingerprint density at radius 1 is 1.11 bits per heavy atom. The predicted molar refractivity (Wildman–Crippen MR) is 106 cm³/mol. The lowest BCUT2D eigenvalue weighted by Crippen LogP contribution is -2.33. The van der Waals surface area contributed by atoms with E-state index in [2.05, 4.69) is 22.4 Å². The molecular formula is C21H24N4O2. The molecule has 0 spiro atoms. The van der Waals surface area contributed by atoms with Crippen LogP contribution in [0.1, 0.15) is 23.9 Å². The molecule has 6 heteroatoms. The number of likely N-dealkylation sites (N-methyl/N-ethyl adjacent to an activating group) is 1. The van der Waals surface area contributed by atoms with Crippen LogP contribution < -0.4 is 5.32 Å². The molecule has 0 aliphatic rings. The van der Waals surface area contributed by atoms with Crippen LogP contribution in [0.5, 0.6) is 0 Å². The van der Waals surface area contributed by atoms with Gasteiger partial charge in [-0.3, -0.25) is 0 Å². The molecule has 2 aromatic carbocycles. The average molecular weight is 364 g/mol. The van der Waals surface area contributed by atoms with Gasteiger partial charge < -0.3 is 14.7 Å². The molecule has 1 heterocycles. The first-order valence-electron chi connectivity index (χ1n) is 9.06. The van der Waals surface area contributed by atoms with Gasteiger partial charge in [0.05, 0.1) is 0 Å². The lowest BCUT2D eigenvalue weighted by Gasteiger charge is -2.17. The van der Waals surface area contributed by atoms with Gasteiger partial charge in [-0.25, -0.2) is 4.79 Å². The zero-order valence-electron chi connectivity index (χ0n) is 15.9. The highest BCUT2D eigenvalue weighted by molar-refractivity contribution is 5.89. The van der Waals surface area contributed by atoms with Gasteiger partial charge in [-0.2, -0.15) is 4.98 Å². The molecule has 27 heavy (non-hydrogen) atoms. The lowest BCUT2D eigenvalue weighted by atomic mass is 10.1. The minimum Gasteiger partial charge on any atom is -0.334 e. The third-order valence-corrected chi connectivity index (χ3v) is 4.40. The summed E-state index contributed by atoms with van der Waals surface area (Å²) in [4.78, 5) is 18.3. The van der Waals surface area contributed by atoms with Crippen LogP contribution in [0, 0.1) is 6.92 Å². The molecule has 1 aromatic heterocycles. The second kappa shape index (κ2) is 8.49. The zero-order chi connectivity index (χ0) is 19.2. The Morgan fingerprint density at radius 3 is 2.48 bits per heavy atom. The van der Waals surface area contributed by atoms with Crippen LogP contribution >= 0.6 is 0 Å². The number of carbonyl (C=O) groups excluding carboxylic acids is 1. The van der Waals surface area contributed by atoms with E-state index in [0.717, 1.165) is 17.7 Å². The smallest absolute Gasteiger partial charge is 0.321 e. The maximum Gasteiger partial charge on any atom is 0.321 e. The zero-order valence-corrected chi connectivity index (χ0v) is 15.9. The van der Waals surface area contributed by atoms with Crippen molar-refractivity contribution in [3.05, 3.63) is 65.5 Å². The van der Waals surface area contributed by atoms with Crippen LogP contribution in [0.2, 0.25) is 0 Å². The first-order chi connectivity index (χ1) is 13.0. The van der Waals surface area contributed by atoms with Crippen LogP contribution in [0.15, 0.2) is 53.1 Å². The van der Waals surface area contributed by atoms with Crippen LogP contribution in [0.3, 0.4) is 0 Å². The van der Waals surface area contributed by atoms with Gasteiger partial charge in [-0.15, -0.1) is 0 Å². The van der Waals surface area contributed by atoms with Crippen molar-refractivity contribution in [2.24, 2.45) is 0 Å². The lowest BCUT2D eigenvalue weighted by molar-refractivity contribution is 0.222. The molecule has 0 saturated carbocycles. The van der Waals surface area contributed by atoms with Crippen molar-refractivity contribution in [3.8, 4) is 11.5 Å². The summed E-state index contributed by atoms with van der Waals surface area (Å²) in [6.45, 7) is 4.62. The molecule has 0 saturated heterocycles. The number of benzene rings is 2. The fourth-order valence-electron chi connectivity index (χ4n) is 2.58. The highest BCUT2D eigenvalue weighted by Gasteiger charge is 2.12.